The van der Waals surface area contributed by atoms with Gasteiger partial charge in [0.1, 0.15) is 17.2 Å². The van der Waals surface area contributed by atoms with Gasteiger partial charge in [-0.2, -0.15) is 5.26 Å². The molecule has 164 valence electrons. The Morgan fingerprint density at radius 3 is 2.44 bits per heavy atom. The fraction of sp³-hybridized carbons (Fsp3) is 0.0909. The van der Waals surface area contributed by atoms with Crippen LogP contribution in [0.4, 0.5) is 11.4 Å². The molecule has 3 aromatic rings. The second-order valence-electron chi connectivity index (χ2n) is 6.50. The van der Waals surface area contributed by atoms with Crippen molar-refractivity contribution in [2.24, 2.45) is 0 Å². The molecule has 0 fully saturated rings. The molecule has 0 aromatic heterocycles. The summed E-state index contributed by atoms with van der Waals surface area (Å²) in [6.07, 6.45) is 0. The van der Waals surface area contributed by atoms with Gasteiger partial charge in [0, 0.05) is 10.7 Å². The molecule has 0 saturated heterocycles. The molecule has 0 radical (unpaired) electrons. The summed E-state index contributed by atoms with van der Waals surface area (Å²) >= 11 is 12.2. The van der Waals surface area contributed by atoms with Crippen LogP contribution in [0.1, 0.15) is 5.56 Å². The SMILES string of the molecule is COc1ccccc1N(CC(=O)Nc1ccc(C#N)cc1)S(=O)(=O)c1cc(Cl)ccc1Cl. The highest BCUT2D eigenvalue weighted by Crippen LogP contribution is 2.35. The Hall–Kier alpha value is -3.25. The van der Waals surface area contributed by atoms with E-state index < -0.39 is 22.5 Å². The average molecular weight is 490 g/mol. The molecule has 3 aromatic carbocycles. The third-order valence-corrected chi connectivity index (χ3v) is 6.88. The molecule has 10 heteroatoms. The minimum absolute atomic E-state index is 0.0400. The van der Waals surface area contributed by atoms with Gasteiger partial charge < -0.3 is 10.1 Å². The van der Waals surface area contributed by atoms with Crippen LogP contribution in [0.5, 0.6) is 5.75 Å². The Labute approximate surface area is 195 Å². The standard InChI is InChI=1S/C22H17Cl2N3O4S/c1-31-20-5-3-2-4-19(20)27(32(29,30)21-12-16(23)8-11-18(21)24)14-22(28)26-17-9-6-15(13-25)7-10-17/h2-12H,14H2,1H3,(H,26,28). The molecule has 0 bridgehead atoms. The van der Waals surface area contributed by atoms with Crippen LogP contribution in [0.25, 0.3) is 0 Å². The molecule has 7 nitrogen and oxygen atoms in total. The largest absolute Gasteiger partial charge is 0.495 e. The Balaban J connectivity index is 2.02. The quantitative estimate of drug-likeness (QED) is 0.517. The van der Waals surface area contributed by atoms with Crippen LogP contribution in [0.2, 0.25) is 10.0 Å². The number of rotatable bonds is 7. The number of nitrogens with zero attached hydrogens (tertiary/aromatic N) is 2. The maximum Gasteiger partial charge on any atom is 0.266 e. The Bertz CT molecular complexity index is 1290. The smallest absolute Gasteiger partial charge is 0.266 e. The van der Waals surface area contributed by atoms with E-state index in [2.05, 4.69) is 5.32 Å². The van der Waals surface area contributed by atoms with Gasteiger partial charge in [-0.1, -0.05) is 35.3 Å². The van der Waals surface area contributed by atoms with E-state index in [1.807, 2.05) is 6.07 Å². The Morgan fingerprint density at radius 2 is 1.78 bits per heavy atom. The lowest BCUT2D eigenvalue weighted by atomic mass is 10.2. The van der Waals surface area contributed by atoms with Gasteiger partial charge in [0.15, 0.2) is 0 Å². The number of hydrogen-bond donors (Lipinski definition) is 1. The second kappa shape index (κ2) is 9.92. The Morgan fingerprint density at radius 1 is 1.09 bits per heavy atom. The highest BCUT2D eigenvalue weighted by atomic mass is 35.5. The molecule has 0 aliphatic carbocycles. The minimum Gasteiger partial charge on any atom is -0.495 e. The first-order valence-electron chi connectivity index (χ1n) is 9.17. The van der Waals surface area contributed by atoms with Crippen molar-refractivity contribution in [2.75, 3.05) is 23.3 Å². The molecule has 32 heavy (non-hydrogen) atoms. The van der Waals surface area contributed by atoms with E-state index in [-0.39, 0.29) is 26.4 Å². The zero-order chi connectivity index (χ0) is 23.3. The first-order chi connectivity index (χ1) is 15.3. The summed E-state index contributed by atoms with van der Waals surface area (Å²) in [5.74, 6) is -0.359. The predicted octanol–water partition coefficient (Wildman–Crippen LogP) is 4.71. The maximum absolute atomic E-state index is 13.6. The van der Waals surface area contributed by atoms with Crippen molar-refractivity contribution in [3.05, 3.63) is 82.3 Å². The second-order valence-corrected chi connectivity index (χ2v) is 9.17. The molecular weight excluding hydrogens is 473 g/mol. The molecule has 0 aliphatic rings. The average Bonchev–Trinajstić information content (AvgIpc) is 2.79. The fourth-order valence-electron chi connectivity index (χ4n) is 2.89. The number of carbonyl (C=O) groups is 1. The number of nitrogens with one attached hydrogen (secondary N) is 1. The number of nitriles is 1. The summed E-state index contributed by atoms with van der Waals surface area (Å²) in [5, 5.41) is 11.7. The maximum atomic E-state index is 13.6. The lowest BCUT2D eigenvalue weighted by Gasteiger charge is -2.26. The molecule has 0 unspecified atom stereocenters. The number of hydrogen-bond acceptors (Lipinski definition) is 5. The zero-order valence-corrected chi connectivity index (χ0v) is 19.1. The number of carbonyl (C=O) groups excluding carboxylic acids is 1. The van der Waals surface area contributed by atoms with Gasteiger partial charge in [0.25, 0.3) is 10.0 Å². The van der Waals surface area contributed by atoms with Crippen molar-refractivity contribution < 1.29 is 17.9 Å². The lowest BCUT2D eigenvalue weighted by molar-refractivity contribution is -0.114. The molecule has 3 rings (SSSR count). The summed E-state index contributed by atoms with van der Waals surface area (Å²) in [6.45, 7) is -0.564. The van der Waals surface area contributed by atoms with Crippen LogP contribution >= 0.6 is 23.2 Å². The summed E-state index contributed by atoms with van der Waals surface area (Å²) in [5.41, 5.74) is 0.991. The van der Waals surface area contributed by atoms with Gasteiger partial charge in [-0.05, 0) is 54.6 Å². The monoisotopic (exact) mass is 489 g/mol. The van der Waals surface area contributed by atoms with E-state index in [0.717, 1.165) is 4.31 Å². The van der Waals surface area contributed by atoms with Gasteiger partial charge in [0.05, 0.1) is 29.5 Å². The summed E-state index contributed by atoms with van der Waals surface area (Å²) in [4.78, 5) is 12.6. The van der Waals surface area contributed by atoms with Crippen LogP contribution in [0, 0.1) is 11.3 Å². The van der Waals surface area contributed by atoms with Crippen molar-refractivity contribution in [1.82, 2.24) is 0 Å². The third kappa shape index (κ3) is 5.14. The molecule has 0 aliphatic heterocycles. The minimum atomic E-state index is -4.30. The van der Waals surface area contributed by atoms with Gasteiger partial charge in [-0.3, -0.25) is 9.10 Å². The Kier molecular flexibility index (Phi) is 7.26. The predicted molar refractivity (Wildman–Crippen MR) is 124 cm³/mol. The number of anilines is 2. The number of benzene rings is 3. The first kappa shape index (κ1) is 23.4. The van der Waals surface area contributed by atoms with Crippen molar-refractivity contribution in [1.29, 1.82) is 5.26 Å². The van der Waals surface area contributed by atoms with Crippen molar-refractivity contribution >= 4 is 50.5 Å². The number of ether oxygens (including phenoxy) is 1. The summed E-state index contributed by atoms with van der Waals surface area (Å²) in [7, 11) is -2.91. The van der Waals surface area contributed by atoms with Crippen LogP contribution in [-0.2, 0) is 14.8 Å². The van der Waals surface area contributed by atoms with E-state index in [4.69, 9.17) is 33.2 Å². The van der Waals surface area contributed by atoms with Gasteiger partial charge in [0.2, 0.25) is 5.91 Å². The number of methoxy groups -OCH3 is 1. The highest BCUT2D eigenvalue weighted by Gasteiger charge is 2.31. The van der Waals surface area contributed by atoms with Crippen LogP contribution < -0.4 is 14.4 Å². The number of para-hydroxylation sites is 2. The normalized spacial score (nSPS) is 10.8. The van der Waals surface area contributed by atoms with Gasteiger partial charge >= 0.3 is 0 Å². The number of halogens is 2. The topological polar surface area (TPSA) is 99.5 Å². The van der Waals surface area contributed by atoms with E-state index in [1.165, 1.54) is 43.5 Å². The van der Waals surface area contributed by atoms with Crippen molar-refractivity contribution in [2.45, 2.75) is 4.90 Å². The van der Waals surface area contributed by atoms with E-state index >= 15 is 0 Å². The number of amides is 1. The highest BCUT2D eigenvalue weighted by molar-refractivity contribution is 7.93. The molecule has 1 amide bonds. The molecular formula is C22H17Cl2N3O4S. The summed E-state index contributed by atoms with van der Waals surface area (Å²) < 4.78 is 33.3. The van der Waals surface area contributed by atoms with E-state index in [0.29, 0.717) is 11.3 Å². The molecule has 0 heterocycles. The number of sulfonamides is 1. The van der Waals surface area contributed by atoms with E-state index in [9.17, 15) is 13.2 Å². The van der Waals surface area contributed by atoms with Crippen molar-refractivity contribution in [3.63, 3.8) is 0 Å². The fourth-order valence-corrected chi connectivity index (χ4v) is 5.06. The van der Waals surface area contributed by atoms with Crippen LogP contribution in [0.3, 0.4) is 0 Å². The lowest BCUT2D eigenvalue weighted by Crippen LogP contribution is -2.38. The molecule has 0 saturated carbocycles. The molecule has 0 spiro atoms. The van der Waals surface area contributed by atoms with E-state index in [1.54, 1.807) is 30.3 Å². The van der Waals surface area contributed by atoms with Crippen molar-refractivity contribution in [3.8, 4) is 11.8 Å². The van der Waals surface area contributed by atoms with Crippen LogP contribution in [0.15, 0.2) is 71.6 Å². The van der Waals surface area contributed by atoms with Crippen LogP contribution in [-0.4, -0.2) is 28.0 Å². The van der Waals surface area contributed by atoms with Gasteiger partial charge in [-0.15, -0.1) is 0 Å². The third-order valence-electron chi connectivity index (χ3n) is 4.40. The molecule has 1 N–H and O–H groups in total. The summed E-state index contributed by atoms with van der Waals surface area (Å²) in [6, 6.07) is 18.6. The van der Waals surface area contributed by atoms with Gasteiger partial charge in [-0.25, -0.2) is 8.42 Å². The molecule has 0 atom stereocenters. The first-order valence-corrected chi connectivity index (χ1v) is 11.4. The zero-order valence-electron chi connectivity index (χ0n) is 16.7.